The molecule has 4 atom stereocenters. The third-order valence-electron chi connectivity index (χ3n) is 7.15. The van der Waals surface area contributed by atoms with Gasteiger partial charge < -0.3 is 0 Å². The standard InChI is InChI=1S/C18H34/c1-9-10-18(8)11-13-14(12(2)3)16(4,5)17(6,7)15(13)18/h12-15H,9-11H2,1-8H3. The van der Waals surface area contributed by atoms with Gasteiger partial charge in [-0.15, -0.1) is 0 Å². The highest BCUT2D eigenvalue weighted by Crippen LogP contribution is 2.76. The molecule has 0 aliphatic heterocycles. The minimum absolute atomic E-state index is 0.488. The maximum absolute atomic E-state index is 2.57. The van der Waals surface area contributed by atoms with Gasteiger partial charge in [-0.2, -0.15) is 0 Å². The first-order chi connectivity index (χ1) is 8.09. The van der Waals surface area contributed by atoms with Gasteiger partial charge in [-0.05, 0) is 52.8 Å². The third kappa shape index (κ3) is 1.56. The van der Waals surface area contributed by atoms with Crippen LogP contribution in [0.25, 0.3) is 0 Å². The molecule has 2 aliphatic carbocycles. The van der Waals surface area contributed by atoms with Crippen LogP contribution in [0, 0.1) is 39.9 Å². The highest BCUT2D eigenvalue weighted by Gasteiger charge is 2.69. The molecular formula is C18H34. The molecule has 0 aromatic heterocycles. The molecule has 0 amide bonds. The monoisotopic (exact) mass is 250 g/mol. The van der Waals surface area contributed by atoms with Gasteiger partial charge in [0.15, 0.2) is 0 Å². The van der Waals surface area contributed by atoms with Crippen molar-refractivity contribution in [2.24, 2.45) is 39.9 Å². The predicted octanol–water partition coefficient (Wildman–Crippen LogP) is 5.77. The van der Waals surface area contributed by atoms with Crippen LogP contribution in [0.4, 0.5) is 0 Å². The zero-order valence-corrected chi connectivity index (χ0v) is 13.9. The van der Waals surface area contributed by atoms with Crippen molar-refractivity contribution in [3.8, 4) is 0 Å². The van der Waals surface area contributed by atoms with Crippen LogP contribution < -0.4 is 0 Å². The van der Waals surface area contributed by atoms with Crippen molar-refractivity contribution in [2.75, 3.05) is 0 Å². The van der Waals surface area contributed by atoms with Gasteiger partial charge in [0, 0.05) is 0 Å². The molecule has 2 aliphatic rings. The summed E-state index contributed by atoms with van der Waals surface area (Å²) >= 11 is 0. The van der Waals surface area contributed by atoms with Crippen molar-refractivity contribution in [1.29, 1.82) is 0 Å². The third-order valence-corrected chi connectivity index (χ3v) is 7.15. The maximum atomic E-state index is 2.57. The lowest BCUT2D eigenvalue weighted by molar-refractivity contribution is -0.0839. The van der Waals surface area contributed by atoms with Crippen molar-refractivity contribution in [1.82, 2.24) is 0 Å². The molecule has 2 saturated carbocycles. The topological polar surface area (TPSA) is 0 Å². The Labute approximate surface area is 115 Å². The Morgan fingerprint density at radius 3 is 2.00 bits per heavy atom. The van der Waals surface area contributed by atoms with E-state index in [9.17, 15) is 0 Å². The SMILES string of the molecule is CCCC1(C)CC2C(C(C)C)C(C)(C)C(C)(C)C21. The molecule has 0 aromatic carbocycles. The van der Waals surface area contributed by atoms with Gasteiger partial charge in [0.1, 0.15) is 0 Å². The summed E-state index contributed by atoms with van der Waals surface area (Å²) in [6.45, 7) is 20.0. The van der Waals surface area contributed by atoms with Gasteiger partial charge in [0.2, 0.25) is 0 Å². The van der Waals surface area contributed by atoms with Crippen molar-refractivity contribution in [3.05, 3.63) is 0 Å². The molecule has 106 valence electrons. The lowest BCUT2D eigenvalue weighted by Crippen LogP contribution is -2.50. The van der Waals surface area contributed by atoms with E-state index in [2.05, 4.69) is 55.4 Å². The summed E-state index contributed by atoms with van der Waals surface area (Å²) in [5, 5.41) is 0. The normalized spacial score (nSPS) is 44.8. The first-order valence-electron chi connectivity index (χ1n) is 8.09. The second kappa shape index (κ2) is 4.00. The zero-order valence-electron chi connectivity index (χ0n) is 13.9. The Kier molecular flexibility index (Phi) is 3.20. The van der Waals surface area contributed by atoms with E-state index < -0.39 is 0 Å². The molecule has 0 saturated heterocycles. The van der Waals surface area contributed by atoms with Crippen LogP contribution in [0.15, 0.2) is 0 Å². The smallest absolute Gasteiger partial charge is 0.0264 e. The molecule has 2 rings (SSSR count). The highest BCUT2D eigenvalue weighted by atomic mass is 14.7. The van der Waals surface area contributed by atoms with Gasteiger partial charge >= 0.3 is 0 Å². The summed E-state index contributed by atoms with van der Waals surface area (Å²) in [6, 6.07) is 0. The van der Waals surface area contributed by atoms with Crippen LogP contribution in [0.1, 0.15) is 74.7 Å². The molecule has 4 unspecified atom stereocenters. The second-order valence-corrected chi connectivity index (χ2v) is 8.96. The molecule has 0 spiro atoms. The molecule has 18 heavy (non-hydrogen) atoms. The zero-order chi connectivity index (χ0) is 13.9. The Morgan fingerprint density at radius 1 is 1.00 bits per heavy atom. The summed E-state index contributed by atoms with van der Waals surface area (Å²) in [5.41, 5.74) is 1.61. The number of hydrogen-bond donors (Lipinski definition) is 0. The highest BCUT2D eigenvalue weighted by molar-refractivity contribution is 5.17. The summed E-state index contributed by atoms with van der Waals surface area (Å²) in [7, 11) is 0. The Hall–Kier alpha value is 0. The molecule has 0 heteroatoms. The van der Waals surface area contributed by atoms with Crippen LogP contribution >= 0.6 is 0 Å². The summed E-state index contributed by atoms with van der Waals surface area (Å²) < 4.78 is 0. The van der Waals surface area contributed by atoms with Crippen molar-refractivity contribution >= 4 is 0 Å². The fourth-order valence-corrected chi connectivity index (χ4v) is 6.40. The molecular weight excluding hydrogens is 216 g/mol. The maximum Gasteiger partial charge on any atom is -0.0264 e. The Bertz CT molecular complexity index is 323. The van der Waals surface area contributed by atoms with Crippen LogP contribution in [-0.2, 0) is 0 Å². The average molecular weight is 250 g/mol. The van der Waals surface area contributed by atoms with E-state index in [4.69, 9.17) is 0 Å². The van der Waals surface area contributed by atoms with Gasteiger partial charge in [-0.25, -0.2) is 0 Å². The second-order valence-electron chi connectivity index (χ2n) is 8.96. The van der Waals surface area contributed by atoms with Crippen molar-refractivity contribution < 1.29 is 0 Å². The van der Waals surface area contributed by atoms with E-state index >= 15 is 0 Å². The molecule has 2 fully saturated rings. The molecule has 0 bridgehead atoms. The molecule has 0 aromatic rings. The Balaban J connectivity index is 2.36. The van der Waals surface area contributed by atoms with Crippen LogP contribution in [-0.4, -0.2) is 0 Å². The number of hydrogen-bond acceptors (Lipinski definition) is 0. The van der Waals surface area contributed by atoms with E-state index in [0.29, 0.717) is 16.2 Å². The lowest BCUT2D eigenvalue weighted by atomic mass is 9.48. The minimum Gasteiger partial charge on any atom is -0.0654 e. The number of fused-ring (bicyclic) bond motifs is 1. The first-order valence-corrected chi connectivity index (χ1v) is 8.09. The molecule has 0 N–H and O–H groups in total. The fourth-order valence-electron chi connectivity index (χ4n) is 6.40. The van der Waals surface area contributed by atoms with E-state index in [0.717, 1.165) is 23.7 Å². The minimum atomic E-state index is 0.488. The van der Waals surface area contributed by atoms with Crippen LogP contribution in [0.3, 0.4) is 0 Å². The van der Waals surface area contributed by atoms with E-state index in [1.54, 1.807) is 0 Å². The predicted molar refractivity (Wildman–Crippen MR) is 80.5 cm³/mol. The first kappa shape index (κ1) is 14.4. The van der Waals surface area contributed by atoms with Gasteiger partial charge in [-0.1, -0.05) is 61.8 Å². The van der Waals surface area contributed by atoms with Gasteiger partial charge in [0.25, 0.3) is 0 Å². The van der Waals surface area contributed by atoms with Gasteiger partial charge in [0.05, 0.1) is 0 Å². The quantitative estimate of drug-likeness (QED) is 0.596. The lowest BCUT2D eigenvalue weighted by Gasteiger charge is -2.57. The van der Waals surface area contributed by atoms with Crippen LogP contribution in [0.5, 0.6) is 0 Å². The van der Waals surface area contributed by atoms with E-state index in [1.165, 1.54) is 19.3 Å². The summed E-state index contributed by atoms with van der Waals surface area (Å²) in [4.78, 5) is 0. The van der Waals surface area contributed by atoms with E-state index in [1.807, 2.05) is 0 Å². The summed E-state index contributed by atoms with van der Waals surface area (Å²) in [5.74, 6) is 3.70. The molecule has 0 nitrogen and oxygen atoms in total. The van der Waals surface area contributed by atoms with Crippen LogP contribution in [0.2, 0.25) is 0 Å². The van der Waals surface area contributed by atoms with Crippen molar-refractivity contribution in [2.45, 2.75) is 74.7 Å². The molecule has 0 radical (unpaired) electrons. The van der Waals surface area contributed by atoms with Gasteiger partial charge in [-0.3, -0.25) is 0 Å². The molecule has 0 heterocycles. The average Bonchev–Trinajstić information content (AvgIpc) is 2.26. The summed E-state index contributed by atoms with van der Waals surface area (Å²) in [6.07, 6.45) is 4.27. The largest absolute Gasteiger partial charge is 0.0654 e. The van der Waals surface area contributed by atoms with Crippen molar-refractivity contribution in [3.63, 3.8) is 0 Å². The Morgan fingerprint density at radius 2 is 1.56 bits per heavy atom. The van der Waals surface area contributed by atoms with E-state index in [-0.39, 0.29) is 0 Å². The number of rotatable bonds is 3. The fraction of sp³-hybridized carbons (Fsp3) is 1.00.